The maximum Gasteiger partial charge on any atom is 0.251 e. The second-order valence-electron chi connectivity index (χ2n) is 7.00. The van der Waals surface area contributed by atoms with E-state index in [1.165, 1.54) is 12.1 Å². The molecular weight excluding hydrogens is 362 g/mol. The minimum atomic E-state index is -3.72. The van der Waals surface area contributed by atoms with Crippen LogP contribution in [0.25, 0.3) is 0 Å². The highest BCUT2D eigenvalue weighted by Gasteiger charge is 2.28. The molecule has 2 aromatic rings. The number of carbonyl (C=O) groups excluding carboxylic acids is 1. The molecule has 1 saturated carbocycles. The quantitative estimate of drug-likeness (QED) is 0.644. The van der Waals surface area contributed by atoms with Crippen LogP contribution in [0.1, 0.15) is 34.3 Å². The molecule has 6 nitrogen and oxygen atoms in total. The Kier molecular flexibility index (Phi) is 5.94. The van der Waals surface area contributed by atoms with Crippen molar-refractivity contribution in [3.8, 4) is 0 Å². The van der Waals surface area contributed by atoms with Gasteiger partial charge in [-0.3, -0.25) is 4.79 Å². The monoisotopic (exact) mass is 387 g/mol. The van der Waals surface area contributed by atoms with E-state index in [0.717, 1.165) is 24.0 Å². The van der Waals surface area contributed by atoms with Gasteiger partial charge in [-0.2, -0.15) is 0 Å². The van der Waals surface area contributed by atoms with Gasteiger partial charge in [0, 0.05) is 24.7 Å². The highest BCUT2D eigenvalue weighted by atomic mass is 32.2. The number of rotatable bonds is 8. The van der Waals surface area contributed by atoms with E-state index in [4.69, 9.17) is 5.73 Å². The number of nitrogens with two attached hydrogens (primary N) is 1. The van der Waals surface area contributed by atoms with Crippen LogP contribution in [-0.2, 0) is 16.6 Å². The minimum absolute atomic E-state index is 0.0475. The lowest BCUT2D eigenvalue weighted by Crippen LogP contribution is -2.38. The highest BCUT2D eigenvalue weighted by molar-refractivity contribution is 7.89. The van der Waals surface area contributed by atoms with Gasteiger partial charge in [-0.15, -0.1) is 0 Å². The number of aryl methyl sites for hydroxylation is 1. The van der Waals surface area contributed by atoms with Gasteiger partial charge in [-0.05, 0) is 48.9 Å². The fourth-order valence-electron chi connectivity index (χ4n) is 2.87. The average molecular weight is 388 g/mol. The molecule has 1 fully saturated rings. The van der Waals surface area contributed by atoms with E-state index >= 15 is 0 Å². The summed E-state index contributed by atoms with van der Waals surface area (Å²) in [7, 11) is -3.72. The van der Waals surface area contributed by atoms with Crippen LogP contribution >= 0.6 is 0 Å². The van der Waals surface area contributed by atoms with E-state index in [1.807, 2.05) is 30.3 Å². The normalized spacial score (nSPS) is 15.3. The molecule has 2 aromatic carbocycles. The molecule has 1 unspecified atom stereocenters. The molecule has 0 saturated heterocycles. The van der Waals surface area contributed by atoms with Crippen molar-refractivity contribution in [2.45, 2.75) is 37.2 Å². The zero-order valence-electron chi connectivity index (χ0n) is 15.3. The molecule has 4 N–H and O–H groups in total. The van der Waals surface area contributed by atoms with Crippen molar-refractivity contribution in [1.29, 1.82) is 0 Å². The number of sulfonamides is 1. The fourth-order valence-corrected chi connectivity index (χ4v) is 3.91. The van der Waals surface area contributed by atoms with Gasteiger partial charge in [-0.1, -0.05) is 36.4 Å². The molecule has 0 bridgehead atoms. The first-order valence-electron chi connectivity index (χ1n) is 9.05. The lowest BCUT2D eigenvalue weighted by molar-refractivity contribution is 0.0949. The summed E-state index contributed by atoms with van der Waals surface area (Å²) in [5.41, 5.74) is 7.94. The summed E-state index contributed by atoms with van der Waals surface area (Å²) in [6.45, 7) is 2.37. The molecule has 1 amide bonds. The van der Waals surface area contributed by atoms with E-state index in [0.29, 0.717) is 18.0 Å². The smallest absolute Gasteiger partial charge is 0.251 e. The van der Waals surface area contributed by atoms with Crippen molar-refractivity contribution >= 4 is 15.9 Å². The summed E-state index contributed by atoms with van der Waals surface area (Å²) < 4.78 is 27.8. The van der Waals surface area contributed by atoms with Gasteiger partial charge >= 0.3 is 0 Å². The van der Waals surface area contributed by atoms with Crippen molar-refractivity contribution in [3.63, 3.8) is 0 Å². The Hall–Kier alpha value is -2.22. The second-order valence-corrected chi connectivity index (χ2v) is 8.77. The highest BCUT2D eigenvalue weighted by Crippen LogP contribution is 2.31. The van der Waals surface area contributed by atoms with E-state index in [1.54, 1.807) is 13.0 Å². The van der Waals surface area contributed by atoms with Gasteiger partial charge < -0.3 is 11.1 Å². The molecule has 0 aliphatic heterocycles. The van der Waals surface area contributed by atoms with Crippen molar-refractivity contribution in [1.82, 2.24) is 10.0 Å². The summed E-state index contributed by atoms with van der Waals surface area (Å²) >= 11 is 0. The van der Waals surface area contributed by atoms with Crippen molar-refractivity contribution in [3.05, 3.63) is 65.2 Å². The zero-order valence-corrected chi connectivity index (χ0v) is 16.1. The summed E-state index contributed by atoms with van der Waals surface area (Å²) in [5.74, 6) is 0.184. The van der Waals surface area contributed by atoms with E-state index in [2.05, 4.69) is 10.0 Å². The number of benzene rings is 2. The molecule has 0 aromatic heterocycles. The largest absolute Gasteiger partial charge is 0.350 e. The third-order valence-electron chi connectivity index (χ3n) is 4.80. The molecule has 1 aliphatic rings. The lowest BCUT2D eigenvalue weighted by atomic mass is 10.1. The maximum absolute atomic E-state index is 12.6. The molecule has 144 valence electrons. The van der Waals surface area contributed by atoms with Crippen LogP contribution in [0.15, 0.2) is 53.4 Å². The molecular formula is C20H25N3O3S. The lowest BCUT2D eigenvalue weighted by Gasteiger charge is -2.14. The predicted octanol–water partition coefficient (Wildman–Crippen LogP) is 1.94. The van der Waals surface area contributed by atoms with E-state index < -0.39 is 10.0 Å². The van der Waals surface area contributed by atoms with Gasteiger partial charge in [0.1, 0.15) is 0 Å². The average Bonchev–Trinajstić information content (AvgIpc) is 3.50. The molecule has 1 atom stereocenters. The van der Waals surface area contributed by atoms with Crippen LogP contribution in [-0.4, -0.2) is 26.9 Å². The van der Waals surface area contributed by atoms with Crippen molar-refractivity contribution in [2.24, 2.45) is 11.7 Å². The Bertz CT molecular complexity index is 909. The van der Waals surface area contributed by atoms with Crippen molar-refractivity contribution in [2.75, 3.05) is 6.54 Å². The third-order valence-corrected chi connectivity index (χ3v) is 6.20. The summed E-state index contributed by atoms with van der Waals surface area (Å²) in [6, 6.07) is 13.8. The Morgan fingerprint density at radius 3 is 2.56 bits per heavy atom. The van der Waals surface area contributed by atoms with Gasteiger partial charge in [-0.25, -0.2) is 13.1 Å². The van der Waals surface area contributed by atoms with Crippen LogP contribution < -0.4 is 15.8 Å². The predicted molar refractivity (Wildman–Crippen MR) is 105 cm³/mol. The molecule has 7 heteroatoms. The number of hydrogen-bond acceptors (Lipinski definition) is 4. The van der Waals surface area contributed by atoms with Crippen LogP contribution in [0.4, 0.5) is 0 Å². The molecule has 0 spiro atoms. The molecule has 27 heavy (non-hydrogen) atoms. The fraction of sp³-hybridized carbons (Fsp3) is 0.350. The van der Waals surface area contributed by atoms with E-state index in [-0.39, 0.29) is 23.4 Å². The van der Waals surface area contributed by atoms with Crippen LogP contribution in [0.2, 0.25) is 0 Å². The topological polar surface area (TPSA) is 101 Å². The van der Waals surface area contributed by atoms with Crippen LogP contribution in [0, 0.1) is 12.8 Å². The number of nitrogens with one attached hydrogen (secondary N) is 2. The van der Waals surface area contributed by atoms with Crippen molar-refractivity contribution < 1.29 is 13.2 Å². The minimum Gasteiger partial charge on any atom is -0.350 e. The van der Waals surface area contributed by atoms with Gasteiger partial charge in [0.2, 0.25) is 10.0 Å². The second kappa shape index (κ2) is 8.21. The first-order valence-corrected chi connectivity index (χ1v) is 10.5. The van der Waals surface area contributed by atoms with Gasteiger partial charge in [0.05, 0.1) is 4.90 Å². The summed E-state index contributed by atoms with van der Waals surface area (Å²) in [6.07, 6.45) is 2.22. The van der Waals surface area contributed by atoms with Gasteiger partial charge in [0.15, 0.2) is 0 Å². The molecule has 0 radical (unpaired) electrons. The zero-order chi connectivity index (χ0) is 19.4. The van der Waals surface area contributed by atoms with Crippen LogP contribution in [0.3, 0.4) is 0 Å². The standard InChI is InChI=1S/C20H25N3O3S/c1-14-7-10-17(27(25,26)23-12-15-5-3-2-4-6-15)11-18(14)20(24)22-13-19(21)16-8-9-16/h2-7,10-11,16,19,23H,8-9,12-13,21H2,1H3,(H,22,24). The van der Waals surface area contributed by atoms with E-state index in [9.17, 15) is 13.2 Å². The SMILES string of the molecule is Cc1ccc(S(=O)(=O)NCc2ccccc2)cc1C(=O)NCC(N)C1CC1. The Morgan fingerprint density at radius 1 is 1.19 bits per heavy atom. The molecule has 1 aliphatic carbocycles. The van der Waals surface area contributed by atoms with Gasteiger partial charge in [0.25, 0.3) is 5.91 Å². The third kappa shape index (κ3) is 5.15. The Labute approximate surface area is 160 Å². The Morgan fingerprint density at radius 2 is 1.89 bits per heavy atom. The molecule has 3 rings (SSSR count). The number of hydrogen-bond donors (Lipinski definition) is 3. The summed E-state index contributed by atoms with van der Waals surface area (Å²) in [5, 5.41) is 2.82. The first kappa shape index (κ1) is 19.5. The van der Waals surface area contributed by atoms with Crippen LogP contribution in [0.5, 0.6) is 0 Å². The molecule has 0 heterocycles. The Balaban J connectivity index is 1.70. The first-order chi connectivity index (χ1) is 12.9. The maximum atomic E-state index is 12.6. The number of carbonyl (C=O) groups is 1. The summed E-state index contributed by atoms with van der Waals surface area (Å²) in [4.78, 5) is 12.6. The number of amides is 1.